The third-order valence-electron chi connectivity index (χ3n) is 4.57. The molecule has 1 aliphatic carbocycles. The zero-order valence-corrected chi connectivity index (χ0v) is 13.3. The first-order valence-corrected chi connectivity index (χ1v) is 8.26. The van der Waals surface area contributed by atoms with Crippen molar-refractivity contribution in [3.8, 4) is 11.3 Å². The Morgan fingerprint density at radius 3 is 2.54 bits per heavy atom. The molecule has 2 aliphatic rings. The molecular formula is C17H19N5O2. The Labute approximate surface area is 139 Å². The monoisotopic (exact) mass is 325 g/mol. The number of pyridine rings is 1. The maximum Gasteiger partial charge on any atom is 0.272 e. The van der Waals surface area contributed by atoms with E-state index in [4.69, 9.17) is 0 Å². The highest BCUT2D eigenvalue weighted by Gasteiger charge is 2.35. The molecule has 2 fully saturated rings. The molecule has 3 heterocycles. The fourth-order valence-electron chi connectivity index (χ4n) is 2.98. The Morgan fingerprint density at radius 2 is 1.88 bits per heavy atom. The summed E-state index contributed by atoms with van der Waals surface area (Å²) < 4.78 is 0. The van der Waals surface area contributed by atoms with E-state index in [2.05, 4.69) is 15.2 Å². The lowest BCUT2D eigenvalue weighted by atomic mass is 10.2. The van der Waals surface area contributed by atoms with Gasteiger partial charge in [0.15, 0.2) is 0 Å². The lowest BCUT2D eigenvalue weighted by molar-refractivity contribution is -0.134. The Balaban J connectivity index is 1.40. The van der Waals surface area contributed by atoms with Gasteiger partial charge in [0.25, 0.3) is 5.91 Å². The van der Waals surface area contributed by atoms with Gasteiger partial charge in [0, 0.05) is 50.1 Å². The van der Waals surface area contributed by atoms with Gasteiger partial charge in [-0.25, -0.2) is 0 Å². The highest BCUT2D eigenvalue weighted by Crippen LogP contribution is 2.31. The van der Waals surface area contributed by atoms with Gasteiger partial charge in [-0.15, -0.1) is 0 Å². The second-order valence-electron chi connectivity index (χ2n) is 6.30. The molecule has 2 aromatic heterocycles. The molecule has 0 unspecified atom stereocenters. The minimum absolute atomic E-state index is 0.0730. The summed E-state index contributed by atoms with van der Waals surface area (Å²) in [5.41, 5.74) is 2.04. The number of hydrogen-bond acceptors (Lipinski definition) is 4. The van der Waals surface area contributed by atoms with Crippen LogP contribution in [0.2, 0.25) is 0 Å². The summed E-state index contributed by atoms with van der Waals surface area (Å²) in [4.78, 5) is 32.4. The van der Waals surface area contributed by atoms with Gasteiger partial charge in [-0.1, -0.05) is 0 Å². The fourth-order valence-corrected chi connectivity index (χ4v) is 2.98. The topological polar surface area (TPSA) is 82.2 Å². The van der Waals surface area contributed by atoms with Crippen LogP contribution in [-0.4, -0.2) is 63.0 Å². The first-order valence-electron chi connectivity index (χ1n) is 8.26. The van der Waals surface area contributed by atoms with Crippen LogP contribution in [0.5, 0.6) is 0 Å². The Kier molecular flexibility index (Phi) is 3.76. The van der Waals surface area contributed by atoms with Crippen LogP contribution in [0.1, 0.15) is 23.3 Å². The summed E-state index contributed by atoms with van der Waals surface area (Å²) in [5.74, 6) is 0.417. The van der Waals surface area contributed by atoms with Crippen molar-refractivity contribution in [2.24, 2.45) is 5.92 Å². The molecule has 2 aromatic rings. The second kappa shape index (κ2) is 6.07. The van der Waals surface area contributed by atoms with Gasteiger partial charge < -0.3 is 9.80 Å². The van der Waals surface area contributed by atoms with Gasteiger partial charge in [-0.3, -0.25) is 19.7 Å². The quantitative estimate of drug-likeness (QED) is 0.918. The van der Waals surface area contributed by atoms with E-state index in [9.17, 15) is 9.59 Å². The van der Waals surface area contributed by atoms with Crippen molar-refractivity contribution in [1.29, 1.82) is 0 Å². The van der Waals surface area contributed by atoms with Crippen molar-refractivity contribution in [3.63, 3.8) is 0 Å². The van der Waals surface area contributed by atoms with Crippen LogP contribution < -0.4 is 0 Å². The Morgan fingerprint density at radius 1 is 1.12 bits per heavy atom. The second-order valence-corrected chi connectivity index (χ2v) is 6.30. The average molecular weight is 325 g/mol. The van der Waals surface area contributed by atoms with E-state index in [1.807, 2.05) is 17.0 Å². The van der Waals surface area contributed by atoms with Crippen LogP contribution in [0, 0.1) is 5.92 Å². The van der Waals surface area contributed by atoms with Crippen LogP contribution in [0.3, 0.4) is 0 Å². The molecule has 7 nitrogen and oxygen atoms in total. The molecule has 0 radical (unpaired) electrons. The van der Waals surface area contributed by atoms with E-state index in [-0.39, 0.29) is 17.7 Å². The molecule has 0 atom stereocenters. The summed E-state index contributed by atoms with van der Waals surface area (Å²) in [7, 11) is 0. The van der Waals surface area contributed by atoms with Gasteiger partial charge in [0.05, 0.1) is 5.69 Å². The highest BCUT2D eigenvalue weighted by atomic mass is 16.2. The van der Waals surface area contributed by atoms with Gasteiger partial charge in [0.2, 0.25) is 5.91 Å². The zero-order valence-electron chi connectivity index (χ0n) is 13.3. The SMILES string of the molecule is O=C(c1cc(-c2cccnc2)n[nH]1)N1CCN(C(=O)C2CC2)CC1. The molecule has 0 spiro atoms. The lowest BCUT2D eigenvalue weighted by Gasteiger charge is -2.34. The minimum Gasteiger partial charge on any atom is -0.339 e. The van der Waals surface area contributed by atoms with E-state index in [1.165, 1.54) is 0 Å². The molecule has 24 heavy (non-hydrogen) atoms. The first kappa shape index (κ1) is 14.9. The summed E-state index contributed by atoms with van der Waals surface area (Å²) in [6.45, 7) is 2.37. The smallest absolute Gasteiger partial charge is 0.272 e. The largest absolute Gasteiger partial charge is 0.339 e. The molecule has 1 saturated heterocycles. The zero-order chi connectivity index (χ0) is 16.5. The number of carbonyl (C=O) groups is 2. The number of aromatic amines is 1. The van der Waals surface area contributed by atoms with Crippen molar-refractivity contribution < 1.29 is 9.59 Å². The standard InChI is InChI=1S/C17H19N5O2/c23-16(12-3-4-12)21-6-8-22(9-7-21)17(24)15-10-14(19-20-15)13-2-1-5-18-11-13/h1-2,5,10-12H,3-4,6-9H2,(H,19,20). The maximum atomic E-state index is 12.6. The molecular weight excluding hydrogens is 306 g/mol. The van der Waals surface area contributed by atoms with Gasteiger partial charge in [0.1, 0.15) is 5.69 Å². The molecule has 1 saturated carbocycles. The number of amides is 2. The summed E-state index contributed by atoms with van der Waals surface area (Å²) in [6.07, 6.45) is 5.45. The maximum absolute atomic E-state index is 12.6. The summed E-state index contributed by atoms with van der Waals surface area (Å²) >= 11 is 0. The molecule has 4 rings (SSSR count). The van der Waals surface area contributed by atoms with E-state index in [1.54, 1.807) is 23.4 Å². The molecule has 2 amide bonds. The number of H-pyrrole nitrogens is 1. The van der Waals surface area contributed by atoms with E-state index in [0.29, 0.717) is 37.6 Å². The average Bonchev–Trinajstić information content (AvgIpc) is 3.38. The predicted molar refractivity (Wildman–Crippen MR) is 87.0 cm³/mol. The van der Waals surface area contributed by atoms with Gasteiger partial charge in [-0.05, 0) is 31.0 Å². The molecule has 124 valence electrons. The van der Waals surface area contributed by atoms with Crippen molar-refractivity contribution in [2.45, 2.75) is 12.8 Å². The number of nitrogens with zero attached hydrogens (tertiary/aromatic N) is 4. The van der Waals surface area contributed by atoms with Crippen LogP contribution in [0.4, 0.5) is 0 Å². The van der Waals surface area contributed by atoms with Crippen LogP contribution in [-0.2, 0) is 4.79 Å². The van der Waals surface area contributed by atoms with Crippen molar-refractivity contribution >= 4 is 11.8 Å². The Hall–Kier alpha value is -2.70. The number of nitrogens with one attached hydrogen (secondary N) is 1. The summed E-state index contributed by atoms with van der Waals surface area (Å²) in [6, 6.07) is 5.49. The number of piperazine rings is 1. The fraction of sp³-hybridized carbons (Fsp3) is 0.412. The molecule has 1 N–H and O–H groups in total. The van der Waals surface area contributed by atoms with Crippen molar-refractivity contribution in [1.82, 2.24) is 25.0 Å². The first-order chi connectivity index (χ1) is 11.7. The van der Waals surface area contributed by atoms with Crippen LogP contribution in [0.25, 0.3) is 11.3 Å². The third-order valence-corrected chi connectivity index (χ3v) is 4.57. The number of aromatic nitrogens is 3. The highest BCUT2D eigenvalue weighted by molar-refractivity contribution is 5.93. The summed E-state index contributed by atoms with van der Waals surface area (Å²) in [5, 5.41) is 7.01. The van der Waals surface area contributed by atoms with E-state index in [0.717, 1.165) is 18.4 Å². The van der Waals surface area contributed by atoms with E-state index >= 15 is 0 Å². The van der Waals surface area contributed by atoms with Crippen molar-refractivity contribution in [3.05, 3.63) is 36.3 Å². The molecule has 0 aromatic carbocycles. The molecule has 7 heteroatoms. The molecule has 0 bridgehead atoms. The van der Waals surface area contributed by atoms with Crippen LogP contribution >= 0.6 is 0 Å². The minimum atomic E-state index is -0.0730. The third kappa shape index (κ3) is 2.89. The lowest BCUT2D eigenvalue weighted by Crippen LogP contribution is -2.51. The van der Waals surface area contributed by atoms with Crippen LogP contribution in [0.15, 0.2) is 30.6 Å². The number of carbonyl (C=O) groups excluding carboxylic acids is 2. The Bertz CT molecular complexity index is 745. The number of rotatable bonds is 3. The van der Waals surface area contributed by atoms with Gasteiger partial charge >= 0.3 is 0 Å². The van der Waals surface area contributed by atoms with Crippen molar-refractivity contribution in [2.75, 3.05) is 26.2 Å². The number of hydrogen-bond donors (Lipinski definition) is 1. The molecule has 1 aliphatic heterocycles. The van der Waals surface area contributed by atoms with Gasteiger partial charge in [-0.2, -0.15) is 5.10 Å². The predicted octanol–water partition coefficient (Wildman–Crippen LogP) is 1.17. The normalized spacial score (nSPS) is 17.8. The van der Waals surface area contributed by atoms with E-state index < -0.39 is 0 Å².